The number of allylic oxidation sites excluding steroid dienone is 1. The molecule has 14 heavy (non-hydrogen) atoms. The highest BCUT2D eigenvalue weighted by molar-refractivity contribution is 9.09. The summed E-state index contributed by atoms with van der Waals surface area (Å²) in [4.78, 5) is 0. The highest BCUT2D eigenvalue weighted by Crippen LogP contribution is 2.22. The molecule has 0 aliphatic heterocycles. The summed E-state index contributed by atoms with van der Waals surface area (Å²) in [6, 6.07) is 8.76. The van der Waals surface area contributed by atoms with Gasteiger partial charge in [0.2, 0.25) is 0 Å². The number of benzene rings is 1. The Labute approximate surface area is 96.4 Å². The molecule has 0 aliphatic rings. The molecule has 2 heteroatoms. The number of hydrogen-bond acceptors (Lipinski definition) is 1. The van der Waals surface area contributed by atoms with Gasteiger partial charge in [-0.25, -0.2) is 0 Å². The molecule has 0 unspecified atom stereocenters. The van der Waals surface area contributed by atoms with Gasteiger partial charge in [0.05, 0.1) is 0 Å². The van der Waals surface area contributed by atoms with Crippen molar-refractivity contribution in [1.82, 2.24) is 0 Å². The number of alkyl halides is 1. The van der Waals surface area contributed by atoms with Crippen LogP contribution in [-0.2, 0) is 0 Å². The first-order valence-electron chi connectivity index (χ1n) is 4.60. The van der Waals surface area contributed by atoms with Crippen molar-refractivity contribution in [2.75, 3.05) is 5.33 Å². The van der Waals surface area contributed by atoms with Gasteiger partial charge in [0, 0.05) is 10.0 Å². The fourth-order valence-corrected chi connectivity index (χ4v) is 2.41. The number of hydrogen-bond donors (Lipinski definition) is 0. The molecule has 0 spiro atoms. The summed E-state index contributed by atoms with van der Waals surface area (Å²) in [7, 11) is 0. The van der Waals surface area contributed by atoms with Crippen molar-refractivity contribution in [3.05, 3.63) is 41.3 Å². The second-order valence-electron chi connectivity index (χ2n) is 3.10. The maximum atomic E-state index is 3.41. The van der Waals surface area contributed by atoms with Gasteiger partial charge in [0.15, 0.2) is 0 Å². The van der Waals surface area contributed by atoms with E-state index in [-0.39, 0.29) is 0 Å². The molecular formula is C12H11BrS. The van der Waals surface area contributed by atoms with Crippen LogP contribution in [0.25, 0.3) is 16.2 Å². The van der Waals surface area contributed by atoms with Gasteiger partial charge in [0.1, 0.15) is 0 Å². The van der Waals surface area contributed by atoms with Crippen LogP contribution in [0.4, 0.5) is 0 Å². The predicted molar refractivity (Wildman–Crippen MR) is 69.3 cm³/mol. The zero-order chi connectivity index (χ0) is 9.80. The lowest BCUT2D eigenvalue weighted by atomic mass is 10.1. The van der Waals surface area contributed by atoms with E-state index in [1.54, 1.807) is 11.3 Å². The van der Waals surface area contributed by atoms with Gasteiger partial charge in [-0.3, -0.25) is 0 Å². The SMILES string of the molecule is BrCCC=Cc1ccc2sccc2c1. The van der Waals surface area contributed by atoms with E-state index in [9.17, 15) is 0 Å². The van der Waals surface area contributed by atoms with Gasteiger partial charge in [-0.05, 0) is 40.9 Å². The second-order valence-corrected chi connectivity index (χ2v) is 4.84. The van der Waals surface area contributed by atoms with Crippen molar-refractivity contribution < 1.29 is 0 Å². The molecule has 2 rings (SSSR count). The molecule has 0 bridgehead atoms. The van der Waals surface area contributed by atoms with Gasteiger partial charge < -0.3 is 0 Å². The summed E-state index contributed by atoms with van der Waals surface area (Å²) in [6.07, 6.45) is 5.46. The molecule has 72 valence electrons. The molecule has 0 radical (unpaired) electrons. The molecule has 1 aromatic heterocycles. The van der Waals surface area contributed by atoms with Gasteiger partial charge in [-0.2, -0.15) is 0 Å². The maximum absolute atomic E-state index is 3.41. The third-order valence-corrected chi connectivity index (χ3v) is 3.42. The molecule has 0 atom stereocenters. The first-order valence-corrected chi connectivity index (χ1v) is 6.60. The Hall–Kier alpha value is -0.600. The fraction of sp³-hybridized carbons (Fsp3) is 0.167. The minimum absolute atomic E-state index is 1.03. The Bertz CT molecular complexity index is 442. The molecule has 1 aromatic carbocycles. The zero-order valence-electron chi connectivity index (χ0n) is 7.74. The lowest BCUT2D eigenvalue weighted by molar-refractivity contribution is 1.27. The molecular weight excluding hydrogens is 256 g/mol. The van der Waals surface area contributed by atoms with Crippen LogP contribution in [0.15, 0.2) is 35.7 Å². The molecule has 0 fully saturated rings. The molecule has 1 heterocycles. The van der Waals surface area contributed by atoms with Crippen LogP contribution in [0.2, 0.25) is 0 Å². The molecule has 0 amide bonds. The van der Waals surface area contributed by atoms with E-state index >= 15 is 0 Å². The number of rotatable bonds is 3. The molecule has 0 aliphatic carbocycles. The van der Waals surface area contributed by atoms with Crippen molar-refractivity contribution in [2.45, 2.75) is 6.42 Å². The average molecular weight is 267 g/mol. The maximum Gasteiger partial charge on any atom is 0.0343 e. The van der Waals surface area contributed by atoms with E-state index in [4.69, 9.17) is 0 Å². The van der Waals surface area contributed by atoms with Crippen LogP contribution >= 0.6 is 27.3 Å². The Balaban J connectivity index is 2.25. The van der Waals surface area contributed by atoms with Crippen molar-refractivity contribution in [3.8, 4) is 0 Å². The third kappa shape index (κ3) is 2.25. The lowest BCUT2D eigenvalue weighted by Crippen LogP contribution is -1.71. The number of thiophene rings is 1. The van der Waals surface area contributed by atoms with Crippen molar-refractivity contribution in [3.63, 3.8) is 0 Å². The predicted octanol–water partition coefficient (Wildman–Crippen LogP) is 4.70. The van der Waals surface area contributed by atoms with E-state index in [1.165, 1.54) is 15.6 Å². The smallest absolute Gasteiger partial charge is 0.0343 e. The van der Waals surface area contributed by atoms with E-state index in [0.717, 1.165) is 11.8 Å². The lowest BCUT2D eigenvalue weighted by Gasteiger charge is -1.93. The summed E-state index contributed by atoms with van der Waals surface area (Å²) in [5, 5.41) is 4.51. The Morgan fingerprint density at radius 3 is 3.07 bits per heavy atom. The second kappa shape index (κ2) is 4.76. The van der Waals surface area contributed by atoms with Gasteiger partial charge in [-0.15, -0.1) is 11.3 Å². The van der Waals surface area contributed by atoms with E-state index in [1.807, 2.05) is 0 Å². The van der Waals surface area contributed by atoms with Crippen LogP contribution in [0.3, 0.4) is 0 Å². The quantitative estimate of drug-likeness (QED) is 0.707. The summed E-state index contributed by atoms with van der Waals surface area (Å²) in [5.74, 6) is 0. The Morgan fingerprint density at radius 2 is 2.21 bits per heavy atom. The highest BCUT2D eigenvalue weighted by Gasteiger charge is 1.94. The summed E-state index contributed by atoms with van der Waals surface area (Å²) in [6.45, 7) is 0. The van der Waals surface area contributed by atoms with Crippen LogP contribution in [0.1, 0.15) is 12.0 Å². The third-order valence-electron chi connectivity index (χ3n) is 2.06. The first-order chi connectivity index (χ1) is 6.90. The first kappa shape index (κ1) is 9.94. The fourth-order valence-electron chi connectivity index (χ4n) is 1.37. The monoisotopic (exact) mass is 266 g/mol. The van der Waals surface area contributed by atoms with Crippen LogP contribution in [0.5, 0.6) is 0 Å². The zero-order valence-corrected chi connectivity index (χ0v) is 10.1. The summed E-state index contributed by atoms with van der Waals surface area (Å²) in [5.41, 5.74) is 1.29. The number of fused-ring (bicyclic) bond motifs is 1. The van der Waals surface area contributed by atoms with E-state index < -0.39 is 0 Å². The molecule has 0 saturated carbocycles. The van der Waals surface area contributed by atoms with Crippen molar-refractivity contribution in [2.24, 2.45) is 0 Å². The van der Waals surface area contributed by atoms with Gasteiger partial charge in [-0.1, -0.05) is 34.1 Å². The minimum Gasteiger partial charge on any atom is -0.144 e. The summed E-state index contributed by atoms with van der Waals surface area (Å²) >= 11 is 5.20. The Morgan fingerprint density at radius 1 is 1.29 bits per heavy atom. The normalized spacial score (nSPS) is 11.5. The standard InChI is InChI=1S/C12H11BrS/c13-7-2-1-3-10-4-5-12-11(9-10)6-8-14-12/h1,3-6,8-9H,2,7H2. The van der Waals surface area contributed by atoms with Gasteiger partial charge >= 0.3 is 0 Å². The molecule has 0 N–H and O–H groups in total. The average Bonchev–Trinajstić information content (AvgIpc) is 2.65. The molecule has 0 nitrogen and oxygen atoms in total. The topological polar surface area (TPSA) is 0 Å². The summed E-state index contributed by atoms with van der Waals surface area (Å²) < 4.78 is 1.36. The highest BCUT2D eigenvalue weighted by atomic mass is 79.9. The Kier molecular flexibility index (Phi) is 3.38. The van der Waals surface area contributed by atoms with Crippen LogP contribution in [-0.4, -0.2) is 5.33 Å². The molecule has 2 aromatic rings. The van der Waals surface area contributed by atoms with Crippen molar-refractivity contribution >= 4 is 43.4 Å². The van der Waals surface area contributed by atoms with E-state index in [0.29, 0.717) is 0 Å². The van der Waals surface area contributed by atoms with Crippen LogP contribution in [0, 0.1) is 0 Å². The molecule has 0 saturated heterocycles. The minimum atomic E-state index is 1.03. The van der Waals surface area contributed by atoms with Gasteiger partial charge in [0.25, 0.3) is 0 Å². The largest absolute Gasteiger partial charge is 0.144 e. The van der Waals surface area contributed by atoms with Crippen molar-refractivity contribution in [1.29, 1.82) is 0 Å². The van der Waals surface area contributed by atoms with Crippen LogP contribution < -0.4 is 0 Å². The van der Waals surface area contributed by atoms with E-state index in [2.05, 4.69) is 57.7 Å². The number of halogens is 1.